The molecule has 0 spiro atoms. The third-order valence-corrected chi connectivity index (χ3v) is 4.21. The molecule has 1 unspecified atom stereocenters. The molecule has 18 heavy (non-hydrogen) atoms. The highest BCUT2D eigenvalue weighted by atomic mass is 32.2. The lowest BCUT2D eigenvalue weighted by Gasteiger charge is -2.14. The van der Waals surface area contributed by atoms with Crippen LogP contribution in [0.4, 0.5) is 0 Å². The van der Waals surface area contributed by atoms with Gasteiger partial charge in [0.05, 0.1) is 0 Å². The maximum atomic E-state index is 4.51. The first-order chi connectivity index (χ1) is 8.72. The molecule has 1 N–H and O–H groups in total. The summed E-state index contributed by atoms with van der Waals surface area (Å²) in [4.78, 5) is 5.77. The predicted octanol–water partition coefficient (Wildman–Crippen LogP) is 3.82. The molecule has 0 saturated carbocycles. The lowest BCUT2D eigenvalue weighted by atomic mass is 10.1. The molecule has 2 nitrogen and oxygen atoms in total. The van der Waals surface area contributed by atoms with Gasteiger partial charge in [0.2, 0.25) is 0 Å². The van der Waals surface area contributed by atoms with Crippen LogP contribution in [0.25, 0.3) is 0 Å². The number of rotatable bonds is 4. The van der Waals surface area contributed by atoms with Gasteiger partial charge in [0, 0.05) is 22.7 Å². The molecular formula is C15H18N2S. The van der Waals surface area contributed by atoms with E-state index in [9.17, 15) is 0 Å². The average molecular weight is 258 g/mol. The zero-order chi connectivity index (χ0) is 13.0. The van der Waals surface area contributed by atoms with Gasteiger partial charge in [0.1, 0.15) is 5.03 Å². The predicted molar refractivity (Wildman–Crippen MR) is 77.0 cm³/mol. The summed E-state index contributed by atoms with van der Waals surface area (Å²) in [6, 6.07) is 12.8. The molecule has 0 aliphatic carbocycles. The number of aryl methyl sites for hydroxylation is 1. The first-order valence-electron chi connectivity index (χ1n) is 6.08. The van der Waals surface area contributed by atoms with Crippen molar-refractivity contribution in [2.75, 3.05) is 7.05 Å². The van der Waals surface area contributed by atoms with Gasteiger partial charge in [-0.3, -0.25) is 0 Å². The van der Waals surface area contributed by atoms with Crippen molar-refractivity contribution in [3.05, 3.63) is 53.7 Å². The monoisotopic (exact) mass is 258 g/mol. The summed E-state index contributed by atoms with van der Waals surface area (Å²) in [5, 5.41) is 4.35. The maximum Gasteiger partial charge on any atom is 0.105 e. The van der Waals surface area contributed by atoms with Crippen molar-refractivity contribution in [2.45, 2.75) is 29.8 Å². The van der Waals surface area contributed by atoms with Gasteiger partial charge in [-0.15, -0.1) is 0 Å². The zero-order valence-electron chi connectivity index (χ0n) is 11.0. The molecule has 1 aromatic heterocycles. The van der Waals surface area contributed by atoms with Crippen molar-refractivity contribution in [1.82, 2.24) is 10.3 Å². The number of benzene rings is 1. The number of nitrogens with one attached hydrogen (secondary N) is 1. The second kappa shape index (κ2) is 6.03. The van der Waals surface area contributed by atoms with E-state index >= 15 is 0 Å². The molecule has 0 bridgehead atoms. The van der Waals surface area contributed by atoms with E-state index in [1.54, 1.807) is 11.8 Å². The van der Waals surface area contributed by atoms with Crippen LogP contribution in [0.15, 0.2) is 52.5 Å². The highest BCUT2D eigenvalue weighted by molar-refractivity contribution is 7.99. The Labute approximate surface area is 113 Å². The Morgan fingerprint density at radius 1 is 1.17 bits per heavy atom. The minimum atomic E-state index is 0.310. The van der Waals surface area contributed by atoms with Crippen molar-refractivity contribution in [2.24, 2.45) is 0 Å². The molecule has 3 heteroatoms. The van der Waals surface area contributed by atoms with E-state index in [0.717, 1.165) is 5.03 Å². The van der Waals surface area contributed by atoms with Gasteiger partial charge in [-0.05, 0) is 38.6 Å². The smallest absolute Gasteiger partial charge is 0.105 e. The molecule has 2 aromatic rings. The molecule has 94 valence electrons. The Morgan fingerprint density at radius 3 is 2.67 bits per heavy atom. The lowest BCUT2D eigenvalue weighted by molar-refractivity contribution is 0.634. The number of nitrogens with zero attached hydrogens (tertiary/aromatic N) is 1. The molecule has 1 aromatic carbocycles. The zero-order valence-corrected chi connectivity index (χ0v) is 11.8. The van der Waals surface area contributed by atoms with E-state index in [-0.39, 0.29) is 0 Å². The van der Waals surface area contributed by atoms with Crippen LogP contribution in [0, 0.1) is 6.92 Å². The Hall–Kier alpha value is -1.32. The van der Waals surface area contributed by atoms with Crippen LogP contribution in [0.2, 0.25) is 0 Å². The Bertz CT molecular complexity index is 525. The molecule has 0 saturated heterocycles. The van der Waals surface area contributed by atoms with E-state index in [1.807, 2.05) is 19.3 Å². The van der Waals surface area contributed by atoms with E-state index in [4.69, 9.17) is 0 Å². The summed E-state index contributed by atoms with van der Waals surface area (Å²) in [7, 11) is 1.97. The van der Waals surface area contributed by atoms with Crippen molar-refractivity contribution < 1.29 is 0 Å². The minimum Gasteiger partial charge on any atom is -0.313 e. The second-order valence-corrected chi connectivity index (χ2v) is 5.31. The van der Waals surface area contributed by atoms with Crippen LogP contribution < -0.4 is 5.32 Å². The molecule has 0 aliphatic heterocycles. The van der Waals surface area contributed by atoms with Crippen LogP contribution >= 0.6 is 11.8 Å². The van der Waals surface area contributed by atoms with E-state index in [0.29, 0.717) is 6.04 Å². The van der Waals surface area contributed by atoms with E-state index < -0.39 is 0 Å². The van der Waals surface area contributed by atoms with Gasteiger partial charge >= 0.3 is 0 Å². The topological polar surface area (TPSA) is 24.9 Å². The molecule has 2 rings (SSSR count). The second-order valence-electron chi connectivity index (χ2n) is 4.28. The molecule has 0 aliphatic rings. The lowest BCUT2D eigenvalue weighted by Crippen LogP contribution is -2.13. The largest absolute Gasteiger partial charge is 0.313 e. The van der Waals surface area contributed by atoms with Crippen LogP contribution in [0.1, 0.15) is 24.1 Å². The minimum absolute atomic E-state index is 0.310. The fourth-order valence-electron chi connectivity index (χ4n) is 1.75. The summed E-state index contributed by atoms with van der Waals surface area (Å²) >= 11 is 1.73. The number of pyridine rings is 1. The Morgan fingerprint density at radius 2 is 1.94 bits per heavy atom. The third-order valence-electron chi connectivity index (χ3n) is 3.00. The van der Waals surface area contributed by atoms with E-state index in [1.165, 1.54) is 16.0 Å². The third kappa shape index (κ3) is 2.92. The van der Waals surface area contributed by atoms with Gasteiger partial charge in [-0.25, -0.2) is 4.98 Å². The number of aromatic nitrogens is 1. The van der Waals surface area contributed by atoms with Crippen molar-refractivity contribution in [3.63, 3.8) is 0 Å². The van der Waals surface area contributed by atoms with Crippen molar-refractivity contribution in [3.8, 4) is 0 Å². The van der Waals surface area contributed by atoms with Gasteiger partial charge < -0.3 is 5.32 Å². The molecule has 1 atom stereocenters. The van der Waals surface area contributed by atoms with Crippen LogP contribution in [-0.4, -0.2) is 12.0 Å². The maximum absolute atomic E-state index is 4.51. The van der Waals surface area contributed by atoms with Crippen LogP contribution in [-0.2, 0) is 0 Å². The summed E-state index contributed by atoms with van der Waals surface area (Å²) in [5.74, 6) is 0. The molecule has 0 amide bonds. The normalized spacial score (nSPS) is 12.4. The standard InChI is InChI=1S/C15H18N2S/c1-11-7-4-5-9-14(11)18-15-13(12(2)16-3)8-6-10-17-15/h4-10,12,16H,1-3H3. The molecule has 1 heterocycles. The summed E-state index contributed by atoms with van der Waals surface area (Å²) in [6.45, 7) is 4.28. The van der Waals surface area contributed by atoms with Gasteiger partial charge in [0.25, 0.3) is 0 Å². The first-order valence-corrected chi connectivity index (χ1v) is 6.89. The van der Waals surface area contributed by atoms with Gasteiger partial charge in [-0.2, -0.15) is 0 Å². The Balaban J connectivity index is 2.32. The van der Waals surface area contributed by atoms with Gasteiger partial charge in [0.15, 0.2) is 0 Å². The summed E-state index contributed by atoms with van der Waals surface area (Å²) < 4.78 is 0. The molecule has 0 fully saturated rings. The van der Waals surface area contributed by atoms with Crippen LogP contribution in [0.5, 0.6) is 0 Å². The first kappa shape index (κ1) is 13.1. The quantitative estimate of drug-likeness (QED) is 0.902. The number of hydrogen-bond donors (Lipinski definition) is 1. The summed E-state index contributed by atoms with van der Waals surface area (Å²) in [6.07, 6.45) is 1.85. The number of hydrogen-bond acceptors (Lipinski definition) is 3. The highest BCUT2D eigenvalue weighted by Gasteiger charge is 2.11. The fourth-order valence-corrected chi connectivity index (χ4v) is 2.81. The molecule has 0 radical (unpaired) electrons. The van der Waals surface area contributed by atoms with Gasteiger partial charge in [-0.1, -0.05) is 36.0 Å². The summed E-state index contributed by atoms with van der Waals surface area (Å²) in [5.41, 5.74) is 2.53. The fraction of sp³-hybridized carbons (Fsp3) is 0.267. The van der Waals surface area contributed by atoms with Crippen molar-refractivity contribution >= 4 is 11.8 Å². The Kier molecular flexibility index (Phi) is 4.39. The SMILES string of the molecule is CNC(C)c1cccnc1Sc1ccccc1C. The van der Waals surface area contributed by atoms with E-state index in [2.05, 4.69) is 54.5 Å². The van der Waals surface area contributed by atoms with Crippen LogP contribution in [0.3, 0.4) is 0 Å². The average Bonchev–Trinajstić information content (AvgIpc) is 2.41. The molecular weight excluding hydrogens is 240 g/mol. The highest BCUT2D eigenvalue weighted by Crippen LogP contribution is 2.32. The van der Waals surface area contributed by atoms with Crippen molar-refractivity contribution in [1.29, 1.82) is 0 Å².